The predicted octanol–water partition coefficient (Wildman–Crippen LogP) is 4.47. The van der Waals surface area contributed by atoms with E-state index in [1.54, 1.807) is 6.92 Å². The number of fused-ring (bicyclic) bond motifs is 2. The largest absolute Gasteiger partial charge is 0.456 e. The fourth-order valence-corrected chi connectivity index (χ4v) is 3.42. The summed E-state index contributed by atoms with van der Waals surface area (Å²) in [5, 5.41) is 10.8. The van der Waals surface area contributed by atoms with Crippen molar-refractivity contribution in [2.24, 2.45) is 5.92 Å². The van der Waals surface area contributed by atoms with E-state index in [2.05, 4.69) is 32.6 Å². The second-order valence-electron chi connectivity index (χ2n) is 7.43. The molecule has 0 saturated carbocycles. The summed E-state index contributed by atoms with van der Waals surface area (Å²) in [5.41, 5.74) is 2.30. The number of aliphatic hydroxyl groups is 1. The first-order valence-corrected chi connectivity index (χ1v) is 8.73. The summed E-state index contributed by atoms with van der Waals surface area (Å²) < 4.78 is 5.47. The molecule has 2 bridgehead atoms. The number of carbonyl (C=O) groups is 1. The molecule has 1 saturated heterocycles. The number of esters is 1. The summed E-state index contributed by atoms with van der Waals surface area (Å²) in [5.74, 6) is -0.233. The van der Waals surface area contributed by atoms with Crippen molar-refractivity contribution in [3.63, 3.8) is 0 Å². The Morgan fingerprint density at radius 2 is 1.87 bits per heavy atom. The molecule has 1 unspecified atom stereocenters. The van der Waals surface area contributed by atoms with Gasteiger partial charge in [-0.25, -0.2) is 4.79 Å². The van der Waals surface area contributed by atoms with E-state index in [1.807, 2.05) is 0 Å². The molecule has 0 aromatic heterocycles. The number of allylic oxidation sites excluding steroid dienone is 4. The van der Waals surface area contributed by atoms with Gasteiger partial charge in [-0.05, 0) is 71.6 Å². The molecule has 1 heterocycles. The highest BCUT2D eigenvalue weighted by molar-refractivity contribution is 5.89. The maximum atomic E-state index is 12.1. The average molecular weight is 318 g/mol. The number of carbonyl (C=O) groups excluding carboxylic acids is 1. The van der Waals surface area contributed by atoms with Crippen molar-refractivity contribution in [2.75, 3.05) is 0 Å². The Hall–Kier alpha value is -1.35. The van der Waals surface area contributed by atoms with Crippen molar-refractivity contribution in [1.82, 2.24) is 0 Å². The fourth-order valence-electron chi connectivity index (χ4n) is 3.42. The van der Waals surface area contributed by atoms with Gasteiger partial charge in [0.25, 0.3) is 0 Å². The van der Waals surface area contributed by atoms with Crippen LogP contribution in [-0.4, -0.2) is 22.8 Å². The Morgan fingerprint density at radius 1 is 1.22 bits per heavy atom. The first kappa shape index (κ1) is 18.0. The molecule has 3 atom stereocenters. The molecular weight excluding hydrogens is 288 g/mol. The number of hydrogen-bond acceptors (Lipinski definition) is 3. The fraction of sp³-hybridized carbons (Fsp3) is 0.650. The van der Waals surface area contributed by atoms with E-state index in [0.717, 1.165) is 32.1 Å². The summed E-state index contributed by atoms with van der Waals surface area (Å²) in [7, 11) is 0. The van der Waals surface area contributed by atoms with Gasteiger partial charge in [-0.2, -0.15) is 0 Å². The van der Waals surface area contributed by atoms with Crippen molar-refractivity contribution < 1.29 is 14.6 Å². The van der Waals surface area contributed by atoms with E-state index in [-0.39, 0.29) is 11.9 Å². The summed E-state index contributed by atoms with van der Waals surface area (Å²) >= 11 is 0. The van der Waals surface area contributed by atoms with E-state index in [9.17, 15) is 9.90 Å². The zero-order chi connectivity index (χ0) is 17.0. The van der Waals surface area contributed by atoms with Crippen molar-refractivity contribution in [2.45, 2.75) is 77.4 Å². The van der Waals surface area contributed by atoms with Crippen LogP contribution in [0.25, 0.3) is 0 Å². The van der Waals surface area contributed by atoms with Crippen molar-refractivity contribution in [1.29, 1.82) is 0 Å². The second kappa shape index (κ2) is 7.48. The lowest BCUT2D eigenvalue weighted by atomic mass is 9.79. The average Bonchev–Trinajstić information content (AvgIpc) is 2.47. The van der Waals surface area contributed by atoms with Crippen molar-refractivity contribution in [3.8, 4) is 0 Å². The Bertz CT molecular complexity index is 525. The Morgan fingerprint density at radius 3 is 2.61 bits per heavy atom. The molecule has 3 heteroatoms. The van der Waals surface area contributed by atoms with Gasteiger partial charge in [0, 0.05) is 5.57 Å². The lowest BCUT2D eigenvalue weighted by Gasteiger charge is -2.38. The molecular formula is C20H30O3. The first-order chi connectivity index (χ1) is 10.8. The Balaban J connectivity index is 2.21. The minimum Gasteiger partial charge on any atom is -0.456 e. The molecule has 0 aromatic rings. The smallest absolute Gasteiger partial charge is 0.334 e. The number of hydrogen-bond donors (Lipinski definition) is 1. The highest BCUT2D eigenvalue weighted by atomic mass is 16.6. The lowest BCUT2D eigenvalue weighted by Crippen LogP contribution is -2.47. The van der Waals surface area contributed by atoms with Gasteiger partial charge >= 0.3 is 5.97 Å². The van der Waals surface area contributed by atoms with Crippen LogP contribution in [0.2, 0.25) is 0 Å². The van der Waals surface area contributed by atoms with Crippen LogP contribution in [0.3, 0.4) is 0 Å². The van der Waals surface area contributed by atoms with Crippen LogP contribution in [0.5, 0.6) is 0 Å². The highest BCUT2D eigenvalue weighted by Crippen LogP contribution is 2.36. The molecule has 23 heavy (non-hydrogen) atoms. The third-order valence-corrected chi connectivity index (χ3v) is 5.26. The quantitative estimate of drug-likeness (QED) is 0.407. The summed E-state index contributed by atoms with van der Waals surface area (Å²) in [6.07, 6.45) is 10.1. The lowest BCUT2D eigenvalue weighted by molar-refractivity contribution is -0.168. The molecule has 1 aliphatic carbocycles. The van der Waals surface area contributed by atoms with E-state index in [4.69, 9.17) is 4.74 Å². The maximum Gasteiger partial charge on any atom is 0.334 e. The van der Waals surface area contributed by atoms with Crippen LogP contribution in [0.15, 0.2) is 35.5 Å². The summed E-state index contributed by atoms with van der Waals surface area (Å²) in [6.45, 7) is 10.0. The third kappa shape index (κ3) is 4.81. The normalized spacial score (nSPS) is 38.6. The van der Waals surface area contributed by atoms with E-state index in [0.29, 0.717) is 18.4 Å². The van der Waals surface area contributed by atoms with Gasteiger partial charge in [0.1, 0.15) is 6.10 Å². The molecule has 1 fully saturated rings. The molecule has 2 rings (SSSR count). The monoisotopic (exact) mass is 318 g/mol. The predicted molar refractivity (Wildman–Crippen MR) is 93.0 cm³/mol. The zero-order valence-electron chi connectivity index (χ0n) is 14.7. The van der Waals surface area contributed by atoms with Crippen LogP contribution in [0.1, 0.15) is 65.7 Å². The van der Waals surface area contributed by atoms with Crippen LogP contribution in [0.4, 0.5) is 0 Å². The van der Waals surface area contributed by atoms with E-state index >= 15 is 0 Å². The minimum absolute atomic E-state index is 0.108. The van der Waals surface area contributed by atoms with Gasteiger partial charge in [-0.15, -0.1) is 0 Å². The minimum atomic E-state index is -0.986. The zero-order valence-corrected chi connectivity index (χ0v) is 14.7. The number of ether oxygens (including phenoxy) is 1. The SMILES string of the molecule is C=C1C(=O)O[C@H]2CC1CC/C(C)=C/CC/C(C)=C/CC[C@]2(C)O. The topological polar surface area (TPSA) is 46.5 Å². The van der Waals surface area contributed by atoms with Crippen molar-refractivity contribution >= 4 is 5.97 Å². The first-order valence-electron chi connectivity index (χ1n) is 8.73. The Labute approximate surface area is 140 Å². The van der Waals surface area contributed by atoms with Gasteiger partial charge in [-0.1, -0.05) is 29.9 Å². The molecule has 0 amide bonds. The molecule has 0 spiro atoms. The van der Waals surface area contributed by atoms with Gasteiger partial charge in [0.2, 0.25) is 0 Å². The highest BCUT2D eigenvalue weighted by Gasteiger charge is 2.41. The standard InChI is InChI=1S/C20H30O3/c1-14-7-5-8-15(2)10-11-17-13-18(23-19(21)16(17)3)20(4,22)12-6-9-14/h8-9,17-18,22H,3,5-7,10-13H2,1-2,4H3/b14-9+,15-8+/t17?,18-,20-/m0/s1. The van der Waals surface area contributed by atoms with E-state index < -0.39 is 11.7 Å². The van der Waals surface area contributed by atoms with Crippen LogP contribution >= 0.6 is 0 Å². The van der Waals surface area contributed by atoms with Gasteiger partial charge in [0.05, 0.1) is 5.60 Å². The molecule has 1 N–H and O–H groups in total. The van der Waals surface area contributed by atoms with Crippen molar-refractivity contribution in [3.05, 3.63) is 35.5 Å². The van der Waals surface area contributed by atoms with Crippen LogP contribution < -0.4 is 0 Å². The van der Waals surface area contributed by atoms with Gasteiger partial charge < -0.3 is 9.84 Å². The summed E-state index contributed by atoms with van der Waals surface area (Å²) in [4.78, 5) is 12.1. The maximum absolute atomic E-state index is 12.1. The Kier molecular flexibility index (Phi) is 5.85. The molecule has 3 nitrogen and oxygen atoms in total. The molecule has 0 aromatic carbocycles. The van der Waals surface area contributed by atoms with E-state index in [1.165, 1.54) is 11.1 Å². The second-order valence-corrected chi connectivity index (χ2v) is 7.43. The third-order valence-electron chi connectivity index (χ3n) is 5.26. The van der Waals surface area contributed by atoms with Crippen LogP contribution in [-0.2, 0) is 9.53 Å². The van der Waals surface area contributed by atoms with Gasteiger partial charge in [-0.3, -0.25) is 0 Å². The molecule has 1 aliphatic heterocycles. The molecule has 128 valence electrons. The molecule has 2 aliphatic rings. The number of rotatable bonds is 0. The summed E-state index contributed by atoms with van der Waals surface area (Å²) in [6, 6.07) is 0. The van der Waals surface area contributed by atoms with Gasteiger partial charge in [0.15, 0.2) is 0 Å². The van der Waals surface area contributed by atoms with Crippen LogP contribution in [0, 0.1) is 5.92 Å². The molecule has 0 radical (unpaired) electrons.